The molecule has 0 unspecified atom stereocenters. The SMILES string of the molecule is COCCN(C(=O)CCl)C(=C(C)C)c1cc(C)ccc1C. The maximum absolute atomic E-state index is 12.2. The van der Waals surface area contributed by atoms with Crippen LogP contribution in [0.1, 0.15) is 30.5 Å². The van der Waals surface area contributed by atoms with Gasteiger partial charge in [-0.1, -0.05) is 23.3 Å². The van der Waals surface area contributed by atoms with Crippen LogP contribution in [0.25, 0.3) is 5.70 Å². The smallest absolute Gasteiger partial charge is 0.242 e. The normalized spacial score (nSPS) is 10.4. The van der Waals surface area contributed by atoms with Crippen molar-refractivity contribution in [1.82, 2.24) is 4.90 Å². The molecule has 0 aliphatic carbocycles. The molecule has 0 aromatic heterocycles. The Morgan fingerprint density at radius 2 is 1.95 bits per heavy atom. The van der Waals surface area contributed by atoms with Crippen molar-refractivity contribution < 1.29 is 9.53 Å². The highest BCUT2D eigenvalue weighted by Crippen LogP contribution is 2.27. The van der Waals surface area contributed by atoms with Crippen molar-refractivity contribution in [2.45, 2.75) is 27.7 Å². The summed E-state index contributed by atoms with van der Waals surface area (Å²) in [4.78, 5) is 14.0. The minimum atomic E-state index is -0.106. The summed E-state index contributed by atoms with van der Waals surface area (Å²) in [5.41, 5.74) is 5.39. The molecule has 0 aliphatic rings. The van der Waals surface area contributed by atoms with Crippen LogP contribution in [0.4, 0.5) is 0 Å². The van der Waals surface area contributed by atoms with Gasteiger partial charge in [-0.3, -0.25) is 4.79 Å². The molecule has 0 N–H and O–H groups in total. The zero-order valence-electron chi connectivity index (χ0n) is 13.5. The molecule has 116 valence electrons. The third kappa shape index (κ3) is 4.58. The summed E-state index contributed by atoms with van der Waals surface area (Å²) >= 11 is 5.78. The number of nitrogens with zero attached hydrogens (tertiary/aromatic N) is 1. The number of aryl methyl sites for hydroxylation is 2. The minimum absolute atomic E-state index is 0.0364. The number of rotatable bonds is 6. The van der Waals surface area contributed by atoms with Gasteiger partial charge < -0.3 is 9.64 Å². The Bertz CT molecular complexity index is 534. The lowest BCUT2D eigenvalue weighted by atomic mass is 9.99. The molecule has 4 heteroatoms. The fourth-order valence-electron chi connectivity index (χ4n) is 2.29. The molecule has 0 radical (unpaired) electrons. The molecule has 0 aliphatic heterocycles. The monoisotopic (exact) mass is 309 g/mol. The van der Waals surface area contributed by atoms with Crippen LogP contribution in [-0.2, 0) is 9.53 Å². The Kier molecular flexibility index (Phi) is 6.93. The van der Waals surface area contributed by atoms with Gasteiger partial charge in [-0.2, -0.15) is 0 Å². The minimum Gasteiger partial charge on any atom is -0.383 e. The van der Waals surface area contributed by atoms with Gasteiger partial charge in [-0.05, 0) is 39.3 Å². The zero-order valence-corrected chi connectivity index (χ0v) is 14.3. The van der Waals surface area contributed by atoms with Crippen molar-refractivity contribution >= 4 is 23.2 Å². The number of alkyl halides is 1. The van der Waals surface area contributed by atoms with E-state index in [9.17, 15) is 4.79 Å². The predicted molar refractivity (Wildman–Crippen MR) is 88.5 cm³/mol. The summed E-state index contributed by atoms with van der Waals surface area (Å²) in [6, 6.07) is 6.26. The maximum Gasteiger partial charge on any atom is 0.242 e. The van der Waals surface area contributed by atoms with Gasteiger partial charge >= 0.3 is 0 Å². The first-order valence-corrected chi connectivity index (χ1v) is 7.56. The van der Waals surface area contributed by atoms with Crippen LogP contribution in [-0.4, -0.2) is 36.9 Å². The number of halogens is 1. The van der Waals surface area contributed by atoms with Gasteiger partial charge in [-0.25, -0.2) is 0 Å². The number of benzene rings is 1. The molecule has 0 saturated carbocycles. The molecule has 0 bridgehead atoms. The highest BCUT2D eigenvalue weighted by molar-refractivity contribution is 6.27. The molecule has 0 heterocycles. The van der Waals surface area contributed by atoms with E-state index in [-0.39, 0.29) is 11.8 Å². The second kappa shape index (κ2) is 8.20. The fourth-order valence-corrected chi connectivity index (χ4v) is 2.44. The number of methoxy groups -OCH3 is 1. The van der Waals surface area contributed by atoms with Crippen LogP contribution in [0.15, 0.2) is 23.8 Å². The lowest BCUT2D eigenvalue weighted by Gasteiger charge is -2.27. The van der Waals surface area contributed by atoms with E-state index in [1.165, 1.54) is 5.56 Å². The van der Waals surface area contributed by atoms with Crippen molar-refractivity contribution in [2.75, 3.05) is 26.1 Å². The molecule has 3 nitrogen and oxygen atoms in total. The van der Waals surface area contributed by atoms with E-state index < -0.39 is 0 Å². The molecule has 0 saturated heterocycles. The summed E-state index contributed by atoms with van der Waals surface area (Å²) < 4.78 is 5.13. The lowest BCUT2D eigenvalue weighted by Crippen LogP contribution is -2.34. The highest BCUT2D eigenvalue weighted by atomic mass is 35.5. The number of carbonyl (C=O) groups excluding carboxylic acids is 1. The molecule has 1 aromatic carbocycles. The molecule has 0 fully saturated rings. The first-order valence-electron chi connectivity index (χ1n) is 7.02. The Balaban J connectivity index is 3.35. The second-order valence-corrected chi connectivity index (χ2v) is 5.61. The van der Waals surface area contributed by atoms with Crippen LogP contribution < -0.4 is 0 Å². The summed E-state index contributed by atoms with van der Waals surface area (Å²) in [7, 11) is 1.63. The number of hydrogen-bond donors (Lipinski definition) is 0. The summed E-state index contributed by atoms with van der Waals surface area (Å²) in [5, 5.41) is 0. The van der Waals surface area contributed by atoms with Crippen molar-refractivity contribution in [3.63, 3.8) is 0 Å². The lowest BCUT2D eigenvalue weighted by molar-refractivity contribution is -0.125. The van der Waals surface area contributed by atoms with E-state index in [0.717, 1.165) is 22.4 Å². The quantitative estimate of drug-likeness (QED) is 0.749. The van der Waals surface area contributed by atoms with Crippen molar-refractivity contribution in [3.05, 3.63) is 40.5 Å². The van der Waals surface area contributed by atoms with Crippen LogP contribution in [0.2, 0.25) is 0 Å². The number of allylic oxidation sites excluding steroid dienone is 1. The average Bonchev–Trinajstić information content (AvgIpc) is 2.45. The van der Waals surface area contributed by atoms with E-state index in [1.54, 1.807) is 12.0 Å². The van der Waals surface area contributed by atoms with E-state index >= 15 is 0 Å². The van der Waals surface area contributed by atoms with Crippen molar-refractivity contribution in [1.29, 1.82) is 0 Å². The Morgan fingerprint density at radius 1 is 1.29 bits per heavy atom. The standard InChI is InChI=1S/C17H24ClNO2/c1-12(2)17(15-10-13(3)6-7-14(15)4)19(8-9-21-5)16(20)11-18/h6-7,10H,8-9,11H2,1-5H3. The summed E-state index contributed by atoms with van der Waals surface area (Å²) in [5.74, 6) is -0.142. The van der Waals surface area contributed by atoms with E-state index in [2.05, 4.69) is 32.0 Å². The molecule has 1 rings (SSSR count). The molecular formula is C17H24ClNO2. The molecular weight excluding hydrogens is 286 g/mol. The van der Waals surface area contributed by atoms with Gasteiger partial charge in [0, 0.05) is 24.9 Å². The molecule has 21 heavy (non-hydrogen) atoms. The van der Waals surface area contributed by atoms with Gasteiger partial charge in [0.2, 0.25) is 5.91 Å². The van der Waals surface area contributed by atoms with Gasteiger partial charge in [0.25, 0.3) is 0 Å². The summed E-state index contributed by atoms with van der Waals surface area (Å²) in [6.45, 7) is 9.10. The van der Waals surface area contributed by atoms with Crippen LogP contribution in [0.5, 0.6) is 0 Å². The number of hydrogen-bond acceptors (Lipinski definition) is 2. The first kappa shape index (κ1) is 17.7. The zero-order chi connectivity index (χ0) is 16.0. The van der Waals surface area contributed by atoms with Crippen molar-refractivity contribution in [3.8, 4) is 0 Å². The molecule has 0 spiro atoms. The Hall–Kier alpha value is -1.32. The predicted octanol–water partition coefficient (Wildman–Crippen LogP) is 3.77. The van der Waals surface area contributed by atoms with Crippen molar-refractivity contribution in [2.24, 2.45) is 0 Å². The van der Waals surface area contributed by atoms with Gasteiger partial charge in [0.15, 0.2) is 0 Å². The Labute approximate surface area is 132 Å². The molecule has 0 atom stereocenters. The third-order valence-electron chi connectivity index (χ3n) is 3.33. The first-order chi connectivity index (χ1) is 9.92. The van der Waals surface area contributed by atoms with E-state index in [0.29, 0.717) is 13.2 Å². The van der Waals surface area contributed by atoms with E-state index in [1.807, 2.05) is 13.8 Å². The van der Waals surface area contributed by atoms with E-state index in [4.69, 9.17) is 16.3 Å². The Morgan fingerprint density at radius 3 is 2.48 bits per heavy atom. The van der Waals surface area contributed by atoms with Crippen LogP contribution in [0.3, 0.4) is 0 Å². The van der Waals surface area contributed by atoms with Crippen LogP contribution >= 0.6 is 11.6 Å². The third-order valence-corrected chi connectivity index (χ3v) is 3.55. The van der Waals surface area contributed by atoms with Gasteiger partial charge in [0.1, 0.15) is 5.88 Å². The number of amides is 1. The van der Waals surface area contributed by atoms with Gasteiger partial charge in [0.05, 0.1) is 6.61 Å². The second-order valence-electron chi connectivity index (χ2n) is 5.34. The van der Waals surface area contributed by atoms with Gasteiger partial charge in [-0.15, -0.1) is 11.6 Å². The number of ether oxygens (including phenoxy) is 1. The van der Waals surface area contributed by atoms with Crippen LogP contribution in [0, 0.1) is 13.8 Å². The average molecular weight is 310 g/mol. The summed E-state index contributed by atoms with van der Waals surface area (Å²) in [6.07, 6.45) is 0. The topological polar surface area (TPSA) is 29.5 Å². The number of carbonyl (C=O) groups is 1. The maximum atomic E-state index is 12.2. The highest BCUT2D eigenvalue weighted by Gasteiger charge is 2.21. The molecule has 1 amide bonds. The fraction of sp³-hybridized carbons (Fsp3) is 0.471. The molecule has 1 aromatic rings. The largest absolute Gasteiger partial charge is 0.383 e.